The minimum Gasteiger partial charge on any atom is -0.468 e. The smallest absolute Gasteiger partial charge is 0.324 e. The predicted molar refractivity (Wildman–Crippen MR) is 77.2 cm³/mol. The fraction of sp³-hybridized carbons (Fsp3) is 0.500. The Labute approximate surface area is 114 Å². The zero-order valence-electron chi connectivity index (χ0n) is 11.6. The molecule has 0 aliphatic rings. The van der Waals surface area contributed by atoms with Gasteiger partial charge in [-0.1, -0.05) is 18.2 Å². The number of hydrogen-bond acceptors (Lipinski definition) is 5. The molecule has 0 spiro atoms. The molecule has 1 rings (SSSR count). The number of carbonyl (C=O) groups is 1. The number of ether oxygens (including phenoxy) is 1. The van der Waals surface area contributed by atoms with E-state index in [4.69, 9.17) is 5.73 Å². The van der Waals surface area contributed by atoms with Crippen LogP contribution in [0.25, 0.3) is 0 Å². The zero-order valence-corrected chi connectivity index (χ0v) is 11.6. The van der Waals surface area contributed by atoms with E-state index in [2.05, 4.69) is 34.1 Å². The number of nitrogens with one attached hydrogen (secondary N) is 1. The van der Waals surface area contributed by atoms with Crippen molar-refractivity contribution in [3.63, 3.8) is 0 Å². The number of nitrogens with two attached hydrogens (primary N) is 1. The highest BCUT2D eigenvalue weighted by atomic mass is 16.5. The van der Waals surface area contributed by atoms with Crippen LogP contribution in [0.15, 0.2) is 30.3 Å². The van der Waals surface area contributed by atoms with Crippen LogP contribution in [0.4, 0.5) is 5.69 Å². The molecule has 0 aromatic heterocycles. The molecule has 0 heterocycles. The Bertz CT molecular complexity index is 370. The zero-order chi connectivity index (χ0) is 14.1. The van der Waals surface area contributed by atoms with Gasteiger partial charge in [0.1, 0.15) is 6.04 Å². The molecule has 19 heavy (non-hydrogen) atoms. The largest absolute Gasteiger partial charge is 0.468 e. The van der Waals surface area contributed by atoms with Crippen molar-refractivity contribution in [1.82, 2.24) is 5.32 Å². The average molecular weight is 265 g/mol. The average Bonchev–Trinajstić information content (AvgIpc) is 2.47. The predicted octanol–water partition coefficient (Wildman–Crippen LogP) is 0.603. The Morgan fingerprint density at radius 1 is 1.42 bits per heavy atom. The number of esters is 1. The molecule has 1 unspecified atom stereocenters. The summed E-state index contributed by atoms with van der Waals surface area (Å²) in [6.07, 6.45) is 0.929. The molecule has 0 saturated heterocycles. The number of hydrogen-bond donors (Lipinski definition) is 2. The Balaban J connectivity index is 2.25. The quantitative estimate of drug-likeness (QED) is 0.532. The maximum absolute atomic E-state index is 11.3. The summed E-state index contributed by atoms with van der Waals surface area (Å²) in [6.45, 7) is 1.89. The highest BCUT2D eigenvalue weighted by molar-refractivity contribution is 5.75. The highest BCUT2D eigenvalue weighted by Gasteiger charge is 2.15. The van der Waals surface area contributed by atoms with Crippen LogP contribution in [0.1, 0.15) is 6.42 Å². The summed E-state index contributed by atoms with van der Waals surface area (Å²) < 4.78 is 4.66. The van der Waals surface area contributed by atoms with Gasteiger partial charge in [-0.05, 0) is 25.1 Å². The number of para-hydroxylation sites is 1. The van der Waals surface area contributed by atoms with E-state index in [9.17, 15) is 4.79 Å². The van der Waals surface area contributed by atoms with Crippen LogP contribution in [0.5, 0.6) is 0 Å². The van der Waals surface area contributed by atoms with E-state index in [-0.39, 0.29) is 12.5 Å². The lowest BCUT2D eigenvalue weighted by molar-refractivity contribution is -0.142. The Hall–Kier alpha value is -1.59. The molecule has 3 N–H and O–H groups in total. The van der Waals surface area contributed by atoms with Gasteiger partial charge in [-0.3, -0.25) is 4.79 Å². The molecular formula is C14H23N3O2. The lowest BCUT2D eigenvalue weighted by Crippen LogP contribution is -2.44. The Morgan fingerprint density at radius 2 is 2.11 bits per heavy atom. The van der Waals surface area contributed by atoms with Gasteiger partial charge in [-0.15, -0.1) is 0 Å². The minimum atomic E-state index is -0.410. The van der Waals surface area contributed by atoms with Crippen molar-refractivity contribution in [3.05, 3.63) is 30.3 Å². The summed E-state index contributed by atoms with van der Waals surface area (Å²) in [4.78, 5) is 13.5. The van der Waals surface area contributed by atoms with Gasteiger partial charge in [-0.25, -0.2) is 0 Å². The third-order valence-electron chi connectivity index (χ3n) is 2.98. The number of methoxy groups -OCH3 is 1. The molecule has 5 nitrogen and oxygen atoms in total. The van der Waals surface area contributed by atoms with Crippen LogP contribution >= 0.6 is 0 Å². The van der Waals surface area contributed by atoms with Crippen LogP contribution in [-0.4, -0.2) is 45.8 Å². The van der Waals surface area contributed by atoms with Gasteiger partial charge >= 0.3 is 5.97 Å². The molecule has 0 bridgehead atoms. The first-order chi connectivity index (χ1) is 9.19. The fourth-order valence-corrected chi connectivity index (χ4v) is 1.81. The van der Waals surface area contributed by atoms with Gasteiger partial charge in [0, 0.05) is 25.8 Å². The molecule has 0 saturated carbocycles. The summed E-state index contributed by atoms with van der Waals surface area (Å²) in [5.74, 6) is -0.307. The standard InChI is InChI=1S/C14H23N3O2/c1-17(12-7-4-3-5-8-12)10-6-9-16-13(11-15)14(18)19-2/h3-5,7-8,13,16H,6,9-11,15H2,1-2H3. The van der Waals surface area contributed by atoms with Gasteiger partial charge in [0.2, 0.25) is 0 Å². The third-order valence-corrected chi connectivity index (χ3v) is 2.98. The van der Waals surface area contributed by atoms with E-state index in [1.54, 1.807) is 0 Å². The molecule has 0 aliphatic carbocycles. The first kappa shape index (κ1) is 15.5. The Morgan fingerprint density at radius 3 is 2.68 bits per heavy atom. The monoisotopic (exact) mass is 265 g/mol. The first-order valence-electron chi connectivity index (χ1n) is 6.46. The fourth-order valence-electron chi connectivity index (χ4n) is 1.81. The van der Waals surface area contributed by atoms with Crippen LogP contribution in [-0.2, 0) is 9.53 Å². The van der Waals surface area contributed by atoms with E-state index in [1.165, 1.54) is 12.8 Å². The van der Waals surface area contributed by atoms with Gasteiger partial charge in [-0.2, -0.15) is 0 Å². The van der Waals surface area contributed by atoms with Crippen molar-refractivity contribution < 1.29 is 9.53 Å². The van der Waals surface area contributed by atoms with E-state index in [0.29, 0.717) is 0 Å². The summed E-state index contributed by atoms with van der Waals surface area (Å²) in [5.41, 5.74) is 6.69. The van der Waals surface area contributed by atoms with Crippen molar-refractivity contribution in [2.75, 3.05) is 38.7 Å². The van der Waals surface area contributed by atoms with E-state index < -0.39 is 6.04 Å². The van der Waals surface area contributed by atoms with E-state index >= 15 is 0 Å². The van der Waals surface area contributed by atoms with Crippen molar-refractivity contribution >= 4 is 11.7 Å². The number of benzene rings is 1. The van der Waals surface area contributed by atoms with Crippen LogP contribution < -0.4 is 16.0 Å². The maximum atomic E-state index is 11.3. The summed E-state index contributed by atoms with van der Waals surface area (Å²) in [7, 11) is 3.42. The second-order valence-corrected chi connectivity index (χ2v) is 4.38. The molecule has 0 radical (unpaired) electrons. The van der Waals surface area contributed by atoms with Gasteiger partial charge in [0.15, 0.2) is 0 Å². The van der Waals surface area contributed by atoms with Crippen LogP contribution in [0, 0.1) is 0 Å². The minimum absolute atomic E-state index is 0.251. The molecule has 0 aliphatic heterocycles. The van der Waals surface area contributed by atoms with E-state index in [1.807, 2.05) is 18.2 Å². The molecule has 1 atom stereocenters. The van der Waals surface area contributed by atoms with Gasteiger partial charge < -0.3 is 20.7 Å². The summed E-state index contributed by atoms with van der Waals surface area (Å²) >= 11 is 0. The molecular weight excluding hydrogens is 242 g/mol. The number of rotatable bonds is 8. The summed E-state index contributed by atoms with van der Waals surface area (Å²) in [6, 6.07) is 9.78. The highest BCUT2D eigenvalue weighted by Crippen LogP contribution is 2.10. The van der Waals surface area contributed by atoms with Crippen molar-refractivity contribution in [2.45, 2.75) is 12.5 Å². The summed E-state index contributed by atoms with van der Waals surface area (Å²) in [5, 5.41) is 3.10. The molecule has 1 aromatic carbocycles. The lowest BCUT2D eigenvalue weighted by Gasteiger charge is -2.20. The number of carbonyl (C=O) groups excluding carboxylic acids is 1. The molecule has 0 fully saturated rings. The normalized spacial score (nSPS) is 11.9. The number of nitrogens with zero attached hydrogens (tertiary/aromatic N) is 1. The van der Waals surface area contributed by atoms with E-state index in [0.717, 1.165) is 19.5 Å². The third kappa shape index (κ3) is 5.28. The Kier molecular flexibility index (Phi) is 6.92. The SMILES string of the molecule is COC(=O)C(CN)NCCCN(C)c1ccccc1. The van der Waals surface area contributed by atoms with Crippen molar-refractivity contribution in [1.29, 1.82) is 0 Å². The maximum Gasteiger partial charge on any atom is 0.324 e. The van der Waals surface area contributed by atoms with Crippen LogP contribution in [0.2, 0.25) is 0 Å². The van der Waals surface area contributed by atoms with Crippen LogP contribution in [0.3, 0.4) is 0 Å². The van der Waals surface area contributed by atoms with Gasteiger partial charge in [0.25, 0.3) is 0 Å². The molecule has 106 valence electrons. The lowest BCUT2D eigenvalue weighted by atomic mass is 10.2. The van der Waals surface area contributed by atoms with Crippen molar-refractivity contribution in [2.24, 2.45) is 5.73 Å². The van der Waals surface area contributed by atoms with Crippen molar-refractivity contribution in [3.8, 4) is 0 Å². The topological polar surface area (TPSA) is 67.6 Å². The number of anilines is 1. The molecule has 5 heteroatoms. The second-order valence-electron chi connectivity index (χ2n) is 4.38. The van der Waals surface area contributed by atoms with Gasteiger partial charge in [0.05, 0.1) is 7.11 Å². The molecule has 0 amide bonds. The first-order valence-corrected chi connectivity index (χ1v) is 6.46. The second kappa shape index (κ2) is 8.50. The molecule has 1 aromatic rings.